The maximum atomic E-state index is 12.2. The molecule has 0 saturated carbocycles. The summed E-state index contributed by atoms with van der Waals surface area (Å²) in [4.78, 5) is 26.3. The summed E-state index contributed by atoms with van der Waals surface area (Å²) in [6.07, 6.45) is 0. The van der Waals surface area contributed by atoms with Crippen molar-refractivity contribution in [2.45, 2.75) is 12.3 Å². The first-order chi connectivity index (χ1) is 14.5. The molecule has 0 bridgehead atoms. The summed E-state index contributed by atoms with van der Waals surface area (Å²) < 4.78 is 0. The lowest BCUT2D eigenvalue weighted by molar-refractivity contribution is -0.118. The summed E-state index contributed by atoms with van der Waals surface area (Å²) >= 11 is 2.68. The third kappa shape index (κ3) is 6.57. The third-order valence-corrected chi connectivity index (χ3v) is 6.14. The second-order valence-electron chi connectivity index (χ2n) is 6.65. The Labute approximate surface area is 183 Å². The van der Waals surface area contributed by atoms with Crippen LogP contribution in [0.25, 0.3) is 0 Å². The van der Waals surface area contributed by atoms with Crippen LogP contribution in [0, 0.1) is 0 Å². The summed E-state index contributed by atoms with van der Waals surface area (Å²) in [5.41, 5.74) is 2.88. The number of rotatable bonds is 9. The minimum Gasteiger partial charge on any atom is -0.378 e. The number of anilines is 2. The molecule has 0 aliphatic carbocycles. The Balaban J connectivity index is 1.38. The molecule has 0 fully saturated rings. The van der Waals surface area contributed by atoms with E-state index in [1.54, 1.807) is 0 Å². The van der Waals surface area contributed by atoms with Gasteiger partial charge in [0.1, 0.15) is 5.01 Å². The Kier molecular flexibility index (Phi) is 7.81. The van der Waals surface area contributed by atoms with E-state index in [1.165, 1.54) is 23.1 Å². The van der Waals surface area contributed by atoms with Gasteiger partial charge in [-0.25, -0.2) is 0 Å². The number of nitrogens with zero attached hydrogens (tertiary/aromatic N) is 3. The van der Waals surface area contributed by atoms with Crippen LogP contribution in [-0.4, -0.2) is 41.9 Å². The first kappa shape index (κ1) is 21.8. The number of carbonyl (C=O) groups is 2. The first-order valence-corrected chi connectivity index (χ1v) is 11.3. The van der Waals surface area contributed by atoms with E-state index in [2.05, 4.69) is 20.8 Å². The van der Waals surface area contributed by atoms with Crippen LogP contribution < -0.4 is 15.5 Å². The van der Waals surface area contributed by atoms with Gasteiger partial charge in [0.05, 0.1) is 5.75 Å². The minimum absolute atomic E-state index is 0.0387. The van der Waals surface area contributed by atoms with Gasteiger partial charge >= 0.3 is 0 Å². The number of hydrogen-bond acceptors (Lipinski definition) is 7. The van der Waals surface area contributed by atoms with Crippen LogP contribution in [0.5, 0.6) is 0 Å². The SMILES string of the molecule is CN(C)c1ccc(CNC(=O)CSCc2nnc(C(=O)Nc3ccccc3)s2)cc1. The van der Waals surface area contributed by atoms with Gasteiger partial charge in [0.2, 0.25) is 10.9 Å². The second kappa shape index (κ2) is 10.7. The monoisotopic (exact) mass is 441 g/mol. The van der Waals surface area contributed by atoms with Gasteiger partial charge in [-0.05, 0) is 29.8 Å². The molecule has 2 N–H and O–H groups in total. The average molecular weight is 442 g/mol. The van der Waals surface area contributed by atoms with Crippen molar-refractivity contribution in [3.8, 4) is 0 Å². The topological polar surface area (TPSA) is 87.2 Å². The van der Waals surface area contributed by atoms with E-state index < -0.39 is 0 Å². The van der Waals surface area contributed by atoms with Crippen molar-refractivity contribution in [1.29, 1.82) is 0 Å². The molecule has 156 valence electrons. The van der Waals surface area contributed by atoms with Crippen molar-refractivity contribution in [2.75, 3.05) is 30.1 Å². The zero-order chi connectivity index (χ0) is 21.3. The first-order valence-electron chi connectivity index (χ1n) is 9.31. The molecule has 0 spiro atoms. The Morgan fingerprint density at radius 2 is 1.77 bits per heavy atom. The van der Waals surface area contributed by atoms with Crippen molar-refractivity contribution in [3.05, 3.63) is 70.2 Å². The van der Waals surface area contributed by atoms with E-state index in [4.69, 9.17) is 0 Å². The molecule has 0 atom stereocenters. The molecule has 3 aromatic rings. The number of thioether (sulfide) groups is 1. The van der Waals surface area contributed by atoms with Crippen LogP contribution in [0.3, 0.4) is 0 Å². The van der Waals surface area contributed by atoms with Crippen molar-refractivity contribution in [1.82, 2.24) is 15.5 Å². The zero-order valence-corrected chi connectivity index (χ0v) is 18.4. The quantitative estimate of drug-likeness (QED) is 0.529. The van der Waals surface area contributed by atoms with E-state index in [1.807, 2.05) is 73.6 Å². The van der Waals surface area contributed by atoms with Gasteiger partial charge in [0, 0.05) is 37.8 Å². The number of aromatic nitrogens is 2. The van der Waals surface area contributed by atoms with Gasteiger partial charge in [-0.15, -0.1) is 22.0 Å². The lowest BCUT2D eigenvalue weighted by Crippen LogP contribution is -2.24. The van der Waals surface area contributed by atoms with Crippen molar-refractivity contribution in [3.63, 3.8) is 0 Å². The fraction of sp³-hybridized carbons (Fsp3) is 0.238. The zero-order valence-electron chi connectivity index (χ0n) is 16.8. The molecule has 7 nitrogen and oxygen atoms in total. The number of amides is 2. The van der Waals surface area contributed by atoms with Gasteiger partial charge in [-0.2, -0.15) is 0 Å². The maximum Gasteiger partial charge on any atom is 0.286 e. The molecule has 30 heavy (non-hydrogen) atoms. The lowest BCUT2D eigenvalue weighted by Gasteiger charge is -2.12. The number of nitrogens with one attached hydrogen (secondary N) is 2. The standard InChI is InChI=1S/C21H23N5O2S2/c1-26(2)17-10-8-15(9-11-17)12-22-18(27)13-29-14-19-24-25-21(30-19)20(28)23-16-6-4-3-5-7-16/h3-11H,12-14H2,1-2H3,(H,22,27)(H,23,28). The minimum atomic E-state index is -0.284. The van der Waals surface area contributed by atoms with Gasteiger partial charge in [-0.1, -0.05) is 41.7 Å². The Hall–Kier alpha value is -2.91. The average Bonchev–Trinajstić information content (AvgIpc) is 3.22. The molecule has 1 aromatic heterocycles. The van der Waals surface area contributed by atoms with E-state index in [0.717, 1.165) is 11.3 Å². The number of benzene rings is 2. The molecule has 9 heteroatoms. The summed E-state index contributed by atoms with van der Waals surface area (Å²) in [6, 6.07) is 17.3. The largest absolute Gasteiger partial charge is 0.378 e. The highest BCUT2D eigenvalue weighted by Crippen LogP contribution is 2.18. The molecule has 0 saturated heterocycles. The third-order valence-electron chi connectivity index (χ3n) is 4.09. The van der Waals surface area contributed by atoms with Gasteiger partial charge < -0.3 is 15.5 Å². The van der Waals surface area contributed by atoms with Gasteiger partial charge in [-0.3, -0.25) is 9.59 Å². The highest BCUT2D eigenvalue weighted by atomic mass is 32.2. The summed E-state index contributed by atoms with van der Waals surface area (Å²) in [5, 5.41) is 14.7. The molecule has 0 aliphatic rings. The van der Waals surface area contributed by atoms with Gasteiger partial charge in [0.25, 0.3) is 5.91 Å². The lowest BCUT2D eigenvalue weighted by atomic mass is 10.2. The Bertz CT molecular complexity index is 975. The fourth-order valence-electron chi connectivity index (χ4n) is 2.50. The Morgan fingerprint density at radius 3 is 2.47 bits per heavy atom. The predicted octanol–water partition coefficient (Wildman–Crippen LogP) is 3.41. The van der Waals surface area contributed by atoms with Crippen molar-refractivity contribution < 1.29 is 9.59 Å². The summed E-state index contributed by atoms with van der Waals surface area (Å²) in [7, 11) is 3.98. The molecular weight excluding hydrogens is 418 g/mol. The predicted molar refractivity (Wildman–Crippen MR) is 123 cm³/mol. The highest BCUT2D eigenvalue weighted by Gasteiger charge is 2.13. The molecule has 2 aromatic carbocycles. The van der Waals surface area contributed by atoms with Crippen LogP contribution >= 0.6 is 23.1 Å². The van der Waals surface area contributed by atoms with Gasteiger partial charge in [0.15, 0.2) is 0 Å². The molecule has 0 radical (unpaired) electrons. The van der Waals surface area contributed by atoms with Crippen molar-refractivity contribution >= 4 is 46.3 Å². The molecule has 2 amide bonds. The van der Waals surface area contributed by atoms with E-state index >= 15 is 0 Å². The maximum absolute atomic E-state index is 12.2. The number of para-hydroxylation sites is 1. The van der Waals surface area contributed by atoms with E-state index in [9.17, 15) is 9.59 Å². The smallest absolute Gasteiger partial charge is 0.286 e. The Morgan fingerprint density at radius 1 is 1.03 bits per heavy atom. The second-order valence-corrected chi connectivity index (χ2v) is 8.70. The summed E-state index contributed by atoms with van der Waals surface area (Å²) in [6.45, 7) is 0.496. The van der Waals surface area contributed by atoms with Crippen LogP contribution in [0.2, 0.25) is 0 Å². The van der Waals surface area contributed by atoms with Crippen molar-refractivity contribution in [2.24, 2.45) is 0 Å². The number of carbonyl (C=O) groups excluding carboxylic acids is 2. The normalized spacial score (nSPS) is 10.5. The van der Waals surface area contributed by atoms with Crippen LogP contribution in [0.1, 0.15) is 20.4 Å². The fourth-order valence-corrected chi connectivity index (χ4v) is 4.14. The molecule has 0 unspecified atom stereocenters. The molecule has 0 aliphatic heterocycles. The van der Waals surface area contributed by atoms with Crippen LogP contribution in [-0.2, 0) is 17.1 Å². The van der Waals surface area contributed by atoms with Crippen LogP contribution in [0.15, 0.2) is 54.6 Å². The van der Waals surface area contributed by atoms with E-state index in [0.29, 0.717) is 33.8 Å². The summed E-state index contributed by atoms with van der Waals surface area (Å²) in [5.74, 6) is 0.526. The van der Waals surface area contributed by atoms with E-state index in [-0.39, 0.29) is 11.8 Å². The van der Waals surface area contributed by atoms with Crippen LogP contribution in [0.4, 0.5) is 11.4 Å². The number of hydrogen-bond donors (Lipinski definition) is 2. The molecule has 1 heterocycles. The highest BCUT2D eigenvalue weighted by molar-refractivity contribution is 7.99. The molecule has 3 rings (SSSR count). The molecular formula is C21H23N5O2S2.